The molecule has 2 N–H and O–H groups in total. The van der Waals surface area contributed by atoms with Crippen LogP contribution in [0.15, 0.2) is 52.8 Å². The summed E-state index contributed by atoms with van der Waals surface area (Å²) in [6.45, 7) is 1.66. The van der Waals surface area contributed by atoms with Crippen molar-refractivity contribution in [1.82, 2.24) is 4.90 Å². The lowest BCUT2D eigenvalue weighted by Gasteiger charge is -2.25. The van der Waals surface area contributed by atoms with E-state index in [-0.39, 0.29) is 0 Å². The van der Waals surface area contributed by atoms with Crippen LogP contribution in [-0.2, 0) is 13.0 Å². The second-order valence-electron chi connectivity index (χ2n) is 4.75. The standard InChI is InChI=1S/C15H17N3S/c16-15-17-10-13(9-12-5-2-1-3-6-12)18(15)11-14-7-4-8-19-14/h1-8,13H,9-11H2,(H2,16,17). The van der Waals surface area contributed by atoms with Gasteiger partial charge in [-0.1, -0.05) is 36.4 Å². The number of rotatable bonds is 4. The minimum Gasteiger partial charge on any atom is -0.370 e. The molecule has 0 spiro atoms. The maximum atomic E-state index is 6.02. The van der Waals surface area contributed by atoms with Crippen LogP contribution in [0, 0.1) is 0 Å². The zero-order valence-electron chi connectivity index (χ0n) is 10.7. The van der Waals surface area contributed by atoms with Gasteiger partial charge in [0.2, 0.25) is 0 Å². The molecule has 1 aromatic heterocycles. The first-order chi connectivity index (χ1) is 9.33. The Morgan fingerprint density at radius 2 is 2.05 bits per heavy atom. The van der Waals surface area contributed by atoms with Gasteiger partial charge in [0.25, 0.3) is 0 Å². The zero-order valence-corrected chi connectivity index (χ0v) is 11.5. The second-order valence-corrected chi connectivity index (χ2v) is 5.78. The summed E-state index contributed by atoms with van der Waals surface area (Å²) in [7, 11) is 0. The predicted octanol–water partition coefficient (Wildman–Crippen LogP) is 2.49. The Hall–Kier alpha value is -1.81. The van der Waals surface area contributed by atoms with Crippen molar-refractivity contribution in [3.8, 4) is 0 Å². The van der Waals surface area contributed by atoms with Gasteiger partial charge in [-0.05, 0) is 23.4 Å². The molecular formula is C15H17N3S. The third kappa shape index (κ3) is 2.79. The van der Waals surface area contributed by atoms with E-state index in [0.29, 0.717) is 12.0 Å². The molecule has 0 amide bonds. The van der Waals surface area contributed by atoms with Gasteiger partial charge in [-0.15, -0.1) is 11.3 Å². The first kappa shape index (κ1) is 12.2. The number of thiophene rings is 1. The summed E-state index contributed by atoms with van der Waals surface area (Å²) < 4.78 is 0. The van der Waals surface area contributed by atoms with Crippen molar-refractivity contribution in [2.24, 2.45) is 10.7 Å². The average molecular weight is 271 g/mol. The Kier molecular flexibility index (Phi) is 3.51. The maximum Gasteiger partial charge on any atom is 0.191 e. The molecule has 0 fully saturated rings. The molecule has 1 unspecified atom stereocenters. The van der Waals surface area contributed by atoms with Gasteiger partial charge in [-0.3, -0.25) is 4.99 Å². The number of hydrogen-bond donors (Lipinski definition) is 1. The molecule has 1 atom stereocenters. The Labute approximate surface area is 117 Å². The molecule has 1 aromatic carbocycles. The van der Waals surface area contributed by atoms with Gasteiger partial charge in [0, 0.05) is 4.88 Å². The molecule has 19 heavy (non-hydrogen) atoms. The molecule has 4 heteroatoms. The summed E-state index contributed by atoms with van der Waals surface area (Å²) in [4.78, 5) is 7.95. The van der Waals surface area contributed by atoms with E-state index >= 15 is 0 Å². The highest BCUT2D eigenvalue weighted by molar-refractivity contribution is 7.09. The van der Waals surface area contributed by atoms with E-state index in [1.807, 2.05) is 6.07 Å². The molecule has 0 saturated heterocycles. The van der Waals surface area contributed by atoms with Crippen molar-refractivity contribution in [2.75, 3.05) is 6.54 Å². The summed E-state index contributed by atoms with van der Waals surface area (Å²) in [6.07, 6.45) is 0.996. The van der Waals surface area contributed by atoms with Gasteiger partial charge in [0.15, 0.2) is 5.96 Å². The summed E-state index contributed by atoms with van der Waals surface area (Å²) in [5, 5.41) is 2.10. The number of guanidine groups is 1. The highest BCUT2D eigenvalue weighted by atomic mass is 32.1. The lowest BCUT2D eigenvalue weighted by molar-refractivity contribution is 0.333. The van der Waals surface area contributed by atoms with Crippen LogP contribution in [0.1, 0.15) is 10.4 Å². The maximum absolute atomic E-state index is 6.02. The minimum absolute atomic E-state index is 0.379. The predicted molar refractivity (Wildman–Crippen MR) is 80.3 cm³/mol. The van der Waals surface area contributed by atoms with E-state index in [9.17, 15) is 0 Å². The number of nitrogens with zero attached hydrogens (tertiary/aromatic N) is 2. The van der Waals surface area contributed by atoms with E-state index in [2.05, 4.69) is 51.7 Å². The van der Waals surface area contributed by atoms with Crippen LogP contribution in [0.3, 0.4) is 0 Å². The van der Waals surface area contributed by atoms with E-state index in [0.717, 1.165) is 19.5 Å². The van der Waals surface area contributed by atoms with Crippen molar-refractivity contribution >= 4 is 17.3 Å². The van der Waals surface area contributed by atoms with Gasteiger partial charge in [0.05, 0.1) is 19.1 Å². The molecule has 0 bridgehead atoms. The fourth-order valence-electron chi connectivity index (χ4n) is 2.42. The lowest BCUT2D eigenvalue weighted by Crippen LogP contribution is -2.41. The lowest BCUT2D eigenvalue weighted by atomic mass is 10.1. The van der Waals surface area contributed by atoms with Crippen molar-refractivity contribution in [2.45, 2.75) is 19.0 Å². The molecular weight excluding hydrogens is 254 g/mol. The molecule has 2 heterocycles. The van der Waals surface area contributed by atoms with Crippen LogP contribution >= 0.6 is 11.3 Å². The largest absolute Gasteiger partial charge is 0.370 e. The van der Waals surface area contributed by atoms with Gasteiger partial charge in [0.1, 0.15) is 0 Å². The van der Waals surface area contributed by atoms with Gasteiger partial charge in [-0.2, -0.15) is 0 Å². The Bertz CT molecular complexity index is 548. The Morgan fingerprint density at radius 3 is 2.79 bits per heavy atom. The van der Waals surface area contributed by atoms with Gasteiger partial charge in [-0.25, -0.2) is 0 Å². The number of nitrogens with two attached hydrogens (primary N) is 1. The van der Waals surface area contributed by atoms with Crippen molar-refractivity contribution in [1.29, 1.82) is 0 Å². The summed E-state index contributed by atoms with van der Waals surface area (Å²) in [6, 6.07) is 15.1. The van der Waals surface area contributed by atoms with Gasteiger partial charge < -0.3 is 10.6 Å². The van der Waals surface area contributed by atoms with Crippen molar-refractivity contribution in [3.63, 3.8) is 0 Å². The normalized spacial score (nSPS) is 18.6. The van der Waals surface area contributed by atoms with Crippen LogP contribution in [0.4, 0.5) is 0 Å². The second kappa shape index (κ2) is 5.45. The van der Waals surface area contributed by atoms with Gasteiger partial charge >= 0.3 is 0 Å². The van der Waals surface area contributed by atoms with E-state index in [1.54, 1.807) is 11.3 Å². The number of benzene rings is 1. The monoisotopic (exact) mass is 271 g/mol. The third-order valence-corrected chi connectivity index (χ3v) is 4.28. The van der Waals surface area contributed by atoms with E-state index < -0.39 is 0 Å². The SMILES string of the molecule is NC1=NCC(Cc2ccccc2)N1Cc1cccs1. The number of hydrogen-bond acceptors (Lipinski definition) is 4. The average Bonchev–Trinajstić information content (AvgIpc) is 3.05. The van der Waals surface area contributed by atoms with Crippen LogP contribution in [0.2, 0.25) is 0 Å². The molecule has 2 aromatic rings. The van der Waals surface area contributed by atoms with Crippen molar-refractivity contribution in [3.05, 3.63) is 58.3 Å². The fourth-order valence-corrected chi connectivity index (χ4v) is 3.12. The van der Waals surface area contributed by atoms with Crippen LogP contribution < -0.4 is 5.73 Å². The van der Waals surface area contributed by atoms with Crippen molar-refractivity contribution < 1.29 is 0 Å². The molecule has 98 valence electrons. The zero-order chi connectivity index (χ0) is 13.1. The quantitative estimate of drug-likeness (QED) is 0.928. The molecule has 0 saturated carbocycles. The summed E-state index contributed by atoms with van der Waals surface area (Å²) >= 11 is 1.77. The van der Waals surface area contributed by atoms with Crippen LogP contribution in [-0.4, -0.2) is 23.4 Å². The minimum atomic E-state index is 0.379. The molecule has 3 rings (SSSR count). The van der Waals surface area contributed by atoms with E-state index in [1.165, 1.54) is 10.4 Å². The first-order valence-corrected chi connectivity index (χ1v) is 7.34. The third-order valence-electron chi connectivity index (χ3n) is 3.42. The molecule has 1 aliphatic rings. The summed E-state index contributed by atoms with van der Waals surface area (Å²) in [5.41, 5.74) is 7.36. The molecule has 0 aliphatic carbocycles. The number of aliphatic imine (C=N–C) groups is 1. The first-order valence-electron chi connectivity index (χ1n) is 6.46. The molecule has 0 radical (unpaired) electrons. The topological polar surface area (TPSA) is 41.6 Å². The Balaban J connectivity index is 1.71. The molecule has 3 nitrogen and oxygen atoms in total. The highest BCUT2D eigenvalue weighted by Gasteiger charge is 2.26. The van der Waals surface area contributed by atoms with E-state index in [4.69, 9.17) is 5.73 Å². The van der Waals surface area contributed by atoms with Crippen LogP contribution in [0.5, 0.6) is 0 Å². The smallest absolute Gasteiger partial charge is 0.191 e. The Morgan fingerprint density at radius 1 is 1.21 bits per heavy atom. The van der Waals surface area contributed by atoms with Crippen LogP contribution in [0.25, 0.3) is 0 Å². The molecule has 1 aliphatic heterocycles. The fraction of sp³-hybridized carbons (Fsp3) is 0.267. The highest BCUT2D eigenvalue weighted by Crippen LogP contribution is 2.19. The summed E-state index contributed by atoms with van der Waals surface area (Å²) in [5.74, 6) is 0.675.